The number of rotatable bonds is 31. The maximum atomic E-state index is 16.2. The molecule has 0 unspecified atom stereocenters. The van der Waals surface area contributed by atoms with Crippen LogP contribution in [0.2, 0.25) is 0 Å². The Morgan fingerprint density at radius 1 is 0.677 bits per heavy atom. The standard InChI is InChI=1S/C65H75FN14O13/c1-87-59(86)39-70-55(82)38-69-56(83)41-77-52-11-5-10-49-50-36-53-45(35-51(50)66)37-73-79(53)80(23-18-44(19-24-80)62(74-77)60(49)52)58(85)17-16-54(81)68-21-26-89-28-30-91-32-34-92-33-31-90-29-27-88-25-20-57(84)76-22-6-7-46(40-76)78-65-61(64(67)71-42-72-65)63(75-78)43-12-14-48(15-13-43)93-47-8-3-2-4-9-47/h2-5,8-15,35-37,42,44,46H,6-7,16-34,38-41H2,1H3,(H4-,67,68,69,70,71,72,75,81,82,83)/p+1/t44?,46-,80?/m1/s1. The van der Waals surface area contributed by atoms with Crippen LogP contribution in [0, 0.1) is 5.82 Å². The largest absolute Gasteiger partial charge is 0.468 e. The Morgan fingerprint density at radius 2 is 1.38 bits per heavy atom. The van der Waals surface area contributed by atoms with E-state index in [-0.39, 0.29) is 98.5 Å². The zero-order valence-electron chi connectivity index (χ0n) is 51.8. The van der Waals surface area contributed by atoms with Gasteiger partial charge in [0, 0.05) is 66.7 Å². The zero-order valence-corrected chi connectivity index (χ0v) is 51.8. The molecule has 4 aromatic carbocycles. The number of likely N-dealkylation sites (tertiary alicyclic amines) is 1. The number of carbonyl (C=O) groups is 6. The number of esters is 1. The van der Waals surface area contributed by atoms with E-state index in [1.807, 2.05) is 76.3 Å². The van der Waals surface area contributed by atoms with Crippen molar-refractivity contribution in [1.82, 2.24) is 64.9 Å². The molecule has 8 heterocycles. The first-order chi connectivity index (χ1) is 45.4. The van der Waals surface area contributed by atoms with Crippen LogP contribution < -0.4 is 31.0 Å². The highest BCUT2D eigenvalue weighted by Gasteiger charge is 2.46. The lowest BCUT2D eigenvalue weighted by Crippen LogP contribution is -2.65. The molecule has 93 heavy (non-hydrogen) atoms. The van der Waals surface area contributed by atoms with E-state index in [0.717, 1.165) is 24.2 Å². The predicted molar refractivity (Wildman–Crippen MR) is 338 cm³/mol. The molecule has 2 saturated heterocycles. The summed E-state index contributed by atoms with van der Waals surface area (Å²) in [6.45, 7) is 4.33. The molecule has 2 fully saturated rings. The topological polar surface area (TPSA) is 312 Å². The number of aromatic nitrogens is 8. The summed E-state index contributed by atoms with van der Waals surface area (Å²) >= 11 is 0. The van der Waals surface area contributed by atoms with Crippen LogP contribution in [0.4, 0.5) is 10.2 Å². The fourth-order valence-corrected chi connectivity index (χ4v) is 12.1. The average molecular weight is 1280 g/mol. The molecule has 4 aliphatic heterocycles. The van der Waals surface area contributed by atoms with Crippen LogP contribution in [0.25, 0.3) is 55.2 Å². The number of halogens is 1. The summed E-state index contributed by atoms with van der Waals surface area (Å²) in [5.74, 6) is -1.14. The molecule has 4 bridgehead atoms. The smallest absolute Gasteiger partial charge is 0.340 e. The van der Waals surface area contributed by atoms with Crippen molar-refractivity contribution >= 4 is 74.2 Å². The quantitative estimate of drug-likeness (QED) is 0.0256. The molecule has 1 atom stereocenters. The molecular formula is C65H76FN14O13+. The second-order valence-corrected chi connectivity index (χ2v) is 22.8. The molecule has 12 rings (SSSR count). The van der Waals surface area contributed by atoms with E-state index in [1.165, 1.54) is 19.5 Å². The Hall–Kier alpha value is -9.32. The van der Waals surface area contributed by atoms with Crippen LogP contribution in [0.3, 0.4) is 0 Å². The lowest BCUT2D eigenvalue weighted by atomic mass is 9.88. The zero-order chi connectivity index (χ0) is 64.7. The number of nitrogens with zero attached hydrogens (tertiary/aromatic N) is 10. The minimum absolute atomic E-state index is 0.00465. The highest BCUT2D eigenvalue weighted by Crippen LogP contribution is 2.43. The first kappa shape index (κ1) is 65.2. The Balaban J connectivity index is 0.541. The lowest BCUT2D eigenvalue weighted by molar-refractivity contribution is -0.142. The number of piperidine rings is 2. The minimum Gasteiger partial charge on any atom is -0.468 e. The van der Waals surface area contributed by atoms with Crippen LogP contribution in [-0.4, -0.2) is 199 Å². The number of amides is 5. The third-order valence-electron chi connectivity index (χ3n) is 16.8. The van der Waals surface area contributed by atoms with Crippen molar-refractivity contribution in [3.05, 3.63) is 109 Å². The van der Waals surface area contributed by atoms with Crippen molar-refractivity contribution in [1.29, 1.82) is 0 Å². The summed E-state index contributed by atoms with van der Waals surface area (Å²) in [4.78, 5) is 90.2. The summed E-state index contributed by atoms with van der Waals surface area (Å²) in [5.41, 5.74) is 11.2. The van der Waals surface area contributed by atoms with Crippen LogP contribution in [-0.2, 0) is 63.7 Å². The van der Waals surface area contributed by atoms with E-state index >= 15 is 4.39 Å². The number of nitrogen functional groups attached to an aromatic ring is 1. The Kier molecular flexibility index (Phi) is 21.6. The van der Waals surface area contributed by atoms with Crippen molar-refractivity contribution in [3.63, 3.8) is 0 Å². The van der Waals surface area contributed by atoms with Gasteiger partial charge in [-0.25, -0.2) is 23.8 Å². The molecule has 490 valence electrons. The van der Waals surface area contributed by atoms with E-state index in [0.29, 0.717) is 153 Å². The van der Waals surface area contributed by atoms with E-state index in [2.05, 4.69) is 35.8 Å². The molecule has 5 amide bonds. The summed E-state index contributed by atoms with van der Waals surface area (Å²) in [6, 6.07) is 25.6. The fraction of sp³-hybridized carbons (Fsp3) is 0.431. The molecule has 27 nitrogen and oxygen atoms in total. The number of quaternary nitrogens is 1. The number of nitrogens with one attached hydrogen (secondary N) is 3. The van der Waals surface area contributed by atoms with Crippen molar-refractivity contribution in [2.75, 3.05) is 125 Å². The van der Waals surface area contributed by atoms with Gasteiger partial charge in [-0.2, -0.15) is 10.2 Å². The van der Waals surface area contributed by atoms with Crippen molar-refractivity contribution < 1.29 is 66.3 Å². The molecule has 8 aromatic rings. The molecule has 0 saturated carbocycles. The van der Waals surface area contributed by atoms with E-state index in [9.17, 15) is 28.8 Å². The Bertz CT molecular complexity index is 3950. The first-order valence-corrected chi connectivity index (χ1v) is 31.3. The number of hydrogen-bond acceptors (Lipinski definition) is 19. The molecule has 0 aliphatic carbocycles. The van der Waals surface area contributed by atoms with Crippen molar-refractivity contribution in [2.45, 2.75) is 63.5 Å². The number of hydrogen-bond donors (Lipinski definition) is 4. The fourth-order valence-electron chi connectivity index (χ4n) is 12.1. The second-order valence-electron chi connectivity index (χ2n) is 22.8. The third-order valence-corrected chi connectivity index (χ3v) is 16.8. The highest BCUT2D eigenvalue weighted by atomic mass is 19.1. The highest BCUT2D eigenvalue weighted by molar-refractivity contribution is 6.01. The molecule has 5 N–H and O–H groups in total. The molecule has 28 heteroatoms. The van der Waals surface area contributed by atoms with Gasteiger partial charge in [-0.3, -0.25) is 28.7 Å². The number of para-hydroxylation sites is 1. The van der Waals surface area contributed by atoms with Gasteiger partial charge in [0.15, 0.2) is 5.65 Å². The van der Waals surface area contributed by atoms with E-state index in [1.54, 1.807) is 27.8 Å². The monoisotopic (exact) mass is 1280 g/mol. The average Bonchev–Trinajstić information content (AvgIpc) is 1.61. The first-order valence-electron chi connectivity index (χ1n) is 31.3. The van der Waals surface area contributed by atoms with Gasteiger partial charge in [0.2, 0.25) is 23.6 Å². The Morgan fingerprint density at radius 3 is 2.11 bits per heavy atom. The number of fused-ring (bicyclic) bond motifs is 3. The van der Waals surface area contributed by atoms with Gasteiger partial charge in [0.05, 0.1) is 121 Å². The lowest BCUT2D eigenvalue weighted by Gasteiger charge is -2.39. The maximum absolute atomic E-state index is 16.2. The summed E-state index contributed by atoms with van der Waals surface area (Å²) in [7, 11) is 1.20. The number of methoxy groups -OCH3 is 1. The van der Waals surface area contributed by atoms with Crippen LogP contribution in [0.5, 0.6) is 11.5 Å². The molecule has 4 aliphatic rings. The third kappa shape index (κ3) is 15.6. The Labute approximate surface area is 534 Å². The van der Waals surface area contributed by atoms with E-state index < -0.39 is 23.6 Å². The number of anilines is 1. The van der Waals surface area contributed by atoms with Gasteiger partial charge in [0.25, 0.3) is 0 Å². The normalized spacial score (nSPS) is 16.8. The molecule has 0 spiro atoms. The number of benzene rings is 4. The number of carbonyl (C=O) groups excluding carboxylic acids is 6. The maximum Gasteiger partial charge on any atom is 0.340 e. The van der Waals surface area contributed by atoms with Crippen molar-refractivity contribution in [2.24, 2.45) is 0 Å². The molecule has 0 radical (unpaired) electrons. The SMILES string of the molecule is COC(=O)CNC(=O)CNC(=O)Cn1nc2c3c(cccc31)-c1cc3c(cnn3[N+]3(C(=O)CCC(=O)NCCOCCOCCOCCOCCOCCC(=O)N4CCC[C@@H](n5nc(-c6ccc(Oc7ccccc7)cc6)c6c(N)ncnc65)C4)CCC2CC3)cc1F. The van der Waals surface area contributed by atoms with Crippen LogP contribution >= 0.6 is 0 Å². The second kappa shape index (κ2) is 30.9. The number of nitrogens with two attached hydrogens (primary N) is 1. The van der Waals surface area contributed by atoms with Gasteiger partial charge >= 0.3 is 11.9 Å². The van der Waals surface area contributed by atoms with Gasteiger partial charge < -0.3 is 59.7 Å². The van der Waals surface area contributed by atoms with Crippen molar-refractivity contribution in [3.8, 4) is 33.9 Å². The molecule has 4 aromatic heterocycles. The van der Waals surface area contributed by atoms with Gasteiger partial charge in [-0.15, -0.1) is 9.69 Å². The minimum atomic E-state index is -0.630. The van der Waals surface area contributed by atoms with E-state index in [4.69, 9.17) is 44.4 Å². The summed E-state index contributed by atoms with van der Waals surface area (Å²) < 4.78 is 58.2. The van der Waals surface area contributed by atoms with Crippen LogP contribution in [0.15, 0.2) is 97.5 Å². The van der Waals surface area contributed by atoms with Gasteiger partial charge in [-0.05, 0) is 73.0 Å². The predicted octanol–water partition coefficient (Wildman–Crippen LogP) is 4.87. The van der Waals surface area contributed by atoms with Gasteiger partial charge in [-0.1, -0.05) is 35.1 Å². The summed E-state index contributed by atoms with van der Waals surface area (Å²) in [6.07, 6.45) is 5.72. The molecular weight excluding hydrogens is 1200 g/mol. The summed E-state index contributed by atoms with van der Waals surface area (Å²) in [5, 5.41) is 24.3. The number of ether oxygens (including phenoxy) is 7. The van der Waals surface area contributed by atoms with Crippen LogP contribution in [0.1, 0.15) is 62.6 Å². The van der Waals surface area contributed by atoms with Gasteiger partial charge in [0.1, 0.15) is 66.9 Å².